The van der Waals surface area contributed by atoms with Crippen molar-refractivity contribution in [2.24, 2.45) is 0 Å². The minimum Gasteiger partial charge on any atom is -0.382 e. The molecule has 0 spiro atoms. The van der Waals surface area contributed by atoms with E-state index in [0.29, 0.717) is 13.2 Å². The zero-order valence-electron chi connectivity index (χ0n) is 11.8. The number of hydrogen-bond acceptors (Lipinski definition) is 4. The minimum absolute atomic E-state index is 0.681. The van der Waals surface area contributed by atoms with E-state index in [-0.39, 0.29) is 0 Å². The second kappa shape index (κ2) is 13.9. The molecule has 0 saturated carbocycles. The molecule has 0 aromatic heterocycles. The summed E-state index contributed by atoms with van der Waals surface area (Å²) in [5.41, 5.74) is 0. The Labute approximate surface area is 107 Å². The third-order valence-corrected chi connectivity index (χ3v) is 2.54. The highest BCUT2D eigenvalue weighted by Gasteiger charge is 2.00. The van der Waals surface area contributed by atoms with Crippen molar-refractivity contribution < 1.29 is 9.47 Å². The quantitative estimate of drug-likeness (QED) is 0.498. The summed E-state index contributed by atoms with van der Waals surface area (Å²) in [5, 5.41) is 3.40. The van der Waals surface area contributed by atoms with Crippen molar-refractivity contribution in [3.63, 3.8) is 0 Å². The van der Waals surface area contributed by atoms with Gasteiger partial charge in [0.25, 0.3) is 0 Å². The second-order valence-corrected chi connectivity index (χ2v) is 4.20. The molecule has 0 aromatic carbocycles. The van der Waals surface area contributed by atoms with Crippen LogP contribution in [0.5, 0.6) is 0 Å². The molecule has 1 N–H and O–H groups in total. The molecule has 4 heteroatoms. The molecule has 0 fully saturated rings. The molecule has 0 aliphatic carbocycles. The predicted octanol–water partition coefficient (Wildman–Crippen LogP) is 1.36. The van der Waals surface area contributed by atoms with Crippen LogP contribution in [0.2, 0.25) is 0 Å². The molecule has 0 unspecified atom stereocenters. The first-order chi connectivity index (χ1) is 8.35. The first-order valence-corrected chi connectivity index (χ1v) is 6.84. The highest BCUT2D eigenvalue weighted by molar-refractivity contribution is 4.58. The van der Waals surface area contributed by atoms with Gasteiger partial charge in [-0.3, -0.25) is 0 Å². The summed E-state index contributed by atoms with van der Waals surface area (Å²) in [6.07, 6.45) is 2.47. The first-order valence-electron chi connectivity index (χ1n) is 6.84. The summed E-state index contributed by atoms with van der Waals surface area (Å²) in [5.74, 6) is 0. The fourth-order valence-electron chi connectivity index (χ4n) is 1.72. The van der Waals surface area contributed by atoms with Crippen LogP contribution in [0.3, 0.4) is 0 Å². The van der Waals surface area contributed by atoms with Crippen molar-refractivity contribution in [1.29, 1.82) is 0 Å². The zero-order valence-corrected chi connectivity index (χ0v) is 11.8. The van der Waals surface area contributed by atoms with Crippen LogP contribution in [0.25, 0.3) is 0 Å². The fraction of sp³-hybridized carbons (Fsp3) is 1.00. The Hall–Kier alpha value is -0.160. The maximum Gasteiger partial charge on any atom is 0.0700 e. The molecule has 0 aliphatic rings. The maximum absolute atomic E-state index is 5.37. The number of nitrogens with zero attached hydrogens (tertiary/aromatic N) is 1. The topological polar surface area (TPSA) is 33.7 Å². The normalized spacial score (nSPS) is 11.3. The van der Waals surface area contributed by atoms with Crippen molar-refractivity contribution in [2.45, 2.75) is 26.7 Å². The molecule has 0 rings (SSSR count). The lowest BCUT2D eigenvalue weighted by atomic mass is 10.3. The lowest BCUT2D eigenvalue weighted by Crippen LogP contribution is -2.34. The highest BCUT2D eigenvalue weighted by atomic mass is 16.5. The van der Waals surface area contributed by atoms with E-state index in [1.165, 1.54) is 25.9 Å². The Morgan fingerprint density at radius 1 is 0.882 bits per heavy atom. The molecule has 0 atom stereocenters. The Morgan fingerprint density at radius 3 is 2.18 bits per heavy atom. The van der Waals surface area contributed by atoms with Crippen molar-refractivity contribution >= 4 is 0 Å². The Balaban J connectivity index is 3.23. The van der Waals surface area contributed by atoms with Gasteiger partial charge < -0.3 is 19.7 Å². The Bertz CT molecular complexity index is 139. The van der Waals surface area contributed by atoms with Crippen LogP contribution >= 0.6 is 0 Å². The summed E-state index contributed by atoms with van der Waals surface area (Å²) in [7, 11) is 1.69. The first kappa shape index (κ1) is 16.8. The van der Waals surface area contributed by atoms with Crippen LogP contribution < -0.4 is 5.32 Å². The van der Waals surface area contributed by atoms with E-state index < -0.39 is 0 Å². The van der Waals surface area contributed by atoms with Crippen molar-refractivity contribution in [3.8, 4) is 0 Å². The molecule has 0 aliphatic heterocycles. The van der Waals surface area contributed by atoms with Gasteiger partial charge >= 0.3 is 0 Å². The highest BCUT2D eigenvalue weighted by Crippen LogP contribution is 1.92. The summed E-state index contributed by atoms with van der Waals surface area (Å²) < 4.78 is 10.3. The van der Waals surface area contributed by atoms with Crippen LogP contribution in [0.15, 0.2) is 0 Å². The van der Waals surface area contributed by atoms with Crippen LogP contribution in [0.1, 0.15) is 26.7 Å². The van der Waals surface area contributed by atoms with Gasteiger partial charge in [-0.2, -0.15) is 0 Å². The molecule has 0 saturated heterocycles. The number of methoxy groups -OCH3 is 1. The predicted molar refractivity (Wildman–Crippen MR) is 72.6 cm³/mol. The molecular formula is C13H30N2O2. The summed E-state index contributed by atoms with van der Waals surface area (Å²) >= 11 is 0. The molecule has 17 heavy (non-hydrogen) atoms. The minimum atomic E-state index is 0.681. The van der Waals surface area contributed by atoms with Crippen molar-refractivity contribution in [1.82, 2.24) is 10.2 Å². The van der Waals surface area contributed by atoms with Gasteiger partial charge in [0.1, 0.15) is 0 Å². The van der Waals surface area contributed by atoms with Gasteiger partial charge in [0, 0.05) is 26.7 Å². The lowest BCUT2D eigenvalue weighted by molar-refractivity contribution is 0.0718. The van der Waals surface area contributed by atoms with Gasteiger partial charge in [0.05, 0.1) is 19.8 Å². The molecule has 0 heterocycles. The van der Waals surface area contributed by atoms with E-state index in [0.717, 1.165) is 26.2 Å². The van der Waals surface area contributed by atoms with Gasteiger partial charge in [-0.1, -0.05) is 13.8 Å². The number of nitrogens with one attached hydrogen (secondary N) is 1. The van der Waals surface area contributed by atoms with Gasteiger partial charge in [0.15, 0.2) is 0 Å². The van der Waals surface area contributed by atoms with E-state index in [1.54, 1.807) is 7.11 Å². The van der Waals surface area contributed by atoms with E-state index in [9.17, 15) is 0 Å². The van der Waals surface area contributed by atoms with Crippen LogP contribution in [0.4, 0.5) is 0 Å². The molecule has 4 nitrogen and oxygen atoms in total. The average Bonchev–Trinajstić information content (AvgIpc) is 2.33. The van der Waals surface area contributed by atoms with Crippen LogP contribution in [-0.2, 0) is 9.47 Å². The number of rotatable bonds is 13. The third kappa shape index (κ3) is 12.1. The smallest absolute Gasteiger partial charge is 0.0700 e. The zero-order chi connectivity index (χ0) is 12.8. The molecule has 0 aromatic rings. The maximum atomic E-state index is 5.37. The number of ether oxygens (including phenoxy) is 2. The SMILES string of the molecule is CCCN(CCC)CCNCCOCCOC. The Morgan fingerprint density at radius 2 is 1.59 bits per heavy atom. The summed E-state index contributed by atoms with van der Waals surface area (Å²) in [4.78, 5) is 2.51. The number of hydrogen-bond donors (Lipinski definition) is 1. The van der Waals surface area contributed by atoms with Gasteiger partial charge in [-0.15, -0.1) is 0 Å². The van der Waals surface area contributed by atoms with Gasteiger partial charge in [-0.05, 0) is 25.9 Å². The second-order valence-electron chi connectivity index (χ2n) is 4.20. The molecule has 104 valence electrons. The fourth-order valence-corrected chi connectivity index (χ4v) is 1.72. The van der Waals surface area contributed by atoms with Crippen molar-refractivity contribution in [2.75, 3.05) is 59.7 Å². The van der Waals surface area contributed by atoms with Gasteiger partial charge in [-0.25, -0.2) is 0 Å². The molecule has 0 radical (unpaired) electrons. The molecular weight excluding hydrogens is 216 g/mol. The van der Waals surface area contributed by atoms with E-state index >= 15 is 0 Å². The Kier molecular flexibility index (Phi) is 13.8. The van der Waals surface area contributed by atoms with Gasteiger partial charge in [0.2, 0.25) is 0 Å². The largest absolute Gasteiger partial charge is 0.382 e. The summed E-state index contributed by atoms with van der Waals surface area (Å²) in [6.45, 7) is 12.1. The van der Waals surface area contributed by atoms with Crippen LogP contribution in [-0.4, -0.2) is 64.6 Å². The summed E-state index contributed by atoms with van der Waals surface area (Å²) in [6, 6.07) is 0. The molecule has 0 bridgehead atoms. The molecule has 0 amide bonds. The monoisotopic (exact) mass is 246 g/mol. The third-order valence-electron chi connectivity index (χ3n) is 2.54. The lowest BCUT2D eigenvalue weighted by Gasteiger charge is -2.20. The average molecular weight is 246 g/mol. The standard InChI is InChI=1S/C13H30N2O2/c1-4-8-15(9-5-2)10-6-14-7-11-17-13-12-16-3/h14H,4-13H2,1-3H3. The van der Waals surface area contributed by atoms with Crippen molar-refractivity contribution in [3.05, 3.63) is 0 Å². The van der Waals surface area contributed by atoms with E-state index in [4.69, 9.17) is 9.47 Å². The van der Waals surface area contributed by atoms with Crippen LogP contribution in [0, 0.1) is 0 Å². The van der Waals surface area contributed by atoms with E-state index in [1.807, 2.05) is 0 Å². The van der Waals surface area contributed by atoms with E-state index in [2.05, 4.69) is 24.1 Å².